The summed E-state index contributed by atoms with van der Waals surface area (Å²) in [5.41, 5.74) is 3.17. The van der Waals surface area contributed by atoms with Crippen LogP contribution in [0.3, 0.4) is 0 Å². The second kappa shape index (κ2) is 8.17. The molecule has 0 saturated heterocycles. The Bertz CT molecular complexity index is 1110. The number of benzene rings is 2. The molecular formula is C19H20N4O3S2. The zero-order chi connectivity index (χ0) is 20.3. The molecular weight excluding hydrogens is 396 g/mol. The van der Waals surface area contributed by atoms with Gasteiger partial charge in [0.15, 0.2) is 0 Å². The number of amides is 1. The van der Waals surface area contributed by atoms with E-state index in [2.05, 4.69) is 20.2 Å². The third-order valence-electron chi connectivity index (χ3n) is 4.23. The number of hydrogen-bond acceptors (Lipinski definition) is 6. The summed E-state index contributed by atoms with van der Waals surface area (Å²) in [6, 6.07) is 14.2. The molecule has 2 N–H and O–H groups in total. The van der Waals surface area contributed by atoms with E-state index in [1.54, 1.807) is 19.1 Å². The molecule has 2 aromatic carbocycles. The van der Waals surface area contributed by atoms with E-state index in [1.165, 1.54) is 0 Å². The first-order valence-electron chi connectivity index (χ1n) is 8.56. The first-order valence-corrected chi connectivity index (χ1v) is 10.9. The van der Waals surface area contributed by atoms with E-state index in [9.17, 15) is 13.2 Å². The Morgan fingerprint density at radius 1 is 1.00 bits per heavy atom. The third-order valence-corrected chi connectivity index (χ3v) is 6.98. The number of rotatable bonds is 6. The lowest BCUT2D eigenvalue weighted by Crippen LogP contribution is -2.27. The Morgan fingerprint density at radius 3 is 2.32 bits per heavy atom. The lowest BCUT2D eigenvalue weighted by Gasteiger charge is -2.15. The number of carbonyl (C=O) groups excluding carboxylic acids is 1. The van der Waals surface area contributed by atoms with Crippen molar-refractivity contribution >= 4 is 32.4 Å². The summed E-state index contributed by atoms with van der Waals surface area (Å²) in [5, 5.41) is 10.2. The molecule has 3 aromatic rings. The van der Waals surface area contributed by atoms with Crippen LogP contribution in [0.25, 0.3) is 0 Å². The average Bonchev–Trinajstić information content (AvgIpc) is 3.11. The van der Waals surface area contributed by atoms with Gasteiger partial charge in [0.1, 0.15) is 0 Å². The summed E-state index contributed by atoms with van der Waals surface area (Å²) in [5.74, 6) is -0.362. The minimum Gasteiger partial charge on any atom is -0.296 e. The molecule has 0 radical (unpaired) electrons. The normalized spacial score (nSPS) is 12.5. The van der Waals surface area contributed by atoms with Crippen LogP contribution >= 0.6 is 11.3 Å². The summed E-state index contributed by atoms with van der Waals surface area (Å²) in [6.45, 7) is 5.51. The largest absolute Gasteiger partial charge is 0.296 e. The Morgan fingerprint density at radius 2 is 1.64 bits per heavy atom. The third kappa shape index (κ3) is 4.44. The fraction of sp³-hybridized carbons (Fsp3) is 0.211. The SMILES string of the molecule is Cc1ccccc1C(=O)Nc1nnc(S(=O)(=O)NC(C)c2ccccc2C)s1. The van der Waals surface area contributed by atoms with Gasteiger partial charge < -0.3 is 0 Å². The topological polar surface area (TPSA) is 101 Å². The van der Waals surface area contributed by atoms with Gasteiger partial charge in [0.05, 0.1) is 0 Å². The van der Waals surface area contributed by atoms with Crippen LogP contribution in [0, 0.1) is 13.8 Å². The molecule has 0 bridgehead atoms. The Labute approximate surface area is 167 Å². The van der Waals surface area contributed by atoms with Crippen LogP contribution in [0.5, 0.6) is 0 Å². The molecule has 0 aliphatic heterocycles. The highest BCUT2D eigenvalue weighted by atomic mass is 32.2. The number of aryl methyl sites for hydroxylation is 2. The first-order chi connectivity index (χ1) is 13.3. The van der Waals surface area contributed by atoms with Gasteiger partial charge in [-0.05, 0) is 43.5 Å². The van der Waals surface area contributed by atoms with Gasteiger partial charge in [-0.3, -0.25) is 10.1 Å². The summed E-state index contributed by atoms with van der Waals surface area (Å²) in [4.78, 5) is 12.4. The molecule has 0 saturated carbocycles. The molecule has 0 aliphatic carbocycles. The van der Waals surface area contributed by atoms with Crippen LogP contribution in [0.2, 0.25) is 0 Å². The van der Waals surface area contributed by atoms with Crippen LogP contribution in [0.1, 0.15) is 40.0 Å². The van der Waals surface area contributed by atoms with Gasteiger partial charge in [-0.25, -0.2) is 13.1 Å². The highest BCUT2D eigenvalue weighted by molar-refractivity contribution is 7.91. The zero-order valence-electron chi connectivity index (χ0n) is 15.6. The van der Waals surface area contributed by atoms with E-state index in [4.69, 9.17) is 0 Å². The van der Waals surface area contributed by atoms with Gasteiger partial charge in [0.25, 0.3) is 15.9 Å². The Kier molecular flexibility index (Phi) is 5.87. The van der Waals surface area contributed by atoms with Crippen molar-refractivity contribution in [1.29, 1.82) is 0 Å². The predicted octanol–water partition coefficient (Wildman–Crippen LogP) is 3.45. The van der Waals surface area contributed by atoms with Crippen LogP contribution in [0.4, 0.5) is 5.13 Å². The Balaban J connectivity index is 1.74. The smallest absolute Gasteiger partial charge is 0.270 e. The van der Waals surface area contributed by atoms with Crippen molar-refractivity contribution in [3.8, 4) is 0 Å². The zero-order valence-corrected chi connectivity index (χ0v) is 17.3. The number of nitrogens with zero attached hydrogens (tertiary/aromatic N) is 2. The van der Waals surface area contributed by atoms with E-state index in [1.807, 2.05) is 50.2 Å². The fourth-order valence-electron chi connectivity index (χ4n) is 2.78. The number of anilines is 1. The molecule has 3 rings (SSSR count). The average molecular weight is 417 g/mol. The molecule has 1 amide bonds. The fourth-order valence-corrected chi connectivity index (χ4v) is 4.91. The van der Waals surface area contributed by atoms with Crippen molar-refractivity contribution in [2.75, 3.05) is 5.32 Å². The van der Waals surface area contributed by atoms with Crippen LogP contribution in [-0.2, 0) is 10.0 Å². The summed E-state index contributed by atoms with van der Waals surface area (Å²) < 4.78 is 27.7. The van der Waals surface area contributed by atoms with E-state index >= 15 is 0 Å². The molecule has 1 unspecified atom stereocenters. The quantitative estimate of drug-likeness (QED) is 0.600. The highest BCUT2D eigenvalue weighted by Gasteiger charge is 2.24. The molecule has 28 heavy (non-hydrogen) atoms. The number of hydrogen-bond donors (Lipinski definition) is 2. The van der Waals surface area contributed by atoms with Gasteiger partial charge >= 0.3 is 0 Å². The number of carbonyl (C=O) groups is 1. The van der Waals surface area contributed by atoms with Crippen molar-refractivity contribution in [2.24, 2.45) is 0 Å². The van der Waals surface area contributed by atoms with Gasteiger partial charge in [-0.1, -0.05) is 53.8 Å². The standard InChI is InChI=1S/C19H20N4O3S2/c1-12-8-4-6-10-15(12)14(3)23-28(25,26)19-22-21-18(27-19)20-17(24)16-11-7-5-9-13(16)2/h4-11,14,23H,1-3H3,(H,20,21,24). The van der Waals surface area contributed by atoms with Crippen molar-refractivity contribution in [3.63, 3.8) is 0 Å². The number of aromatic nitrogens is 2. The van der Waals surface area contributed by atoms with Crippen LogP contribution in [0.15, 0.2) is 52.9 Å². The molecule has 0 fully saturated rings. The molecule has 1 aromatic heterocycles. The van der Waals surface area contributed by atoms with Gasteiger partial charge in [0.2, 0.25) is 9.47 Å². The maximum Gasteiger partial charge on any atom is 0.270 e. The van der Waals surface area contributed by atoms with Crippen LogP contribution < -0.4 is 10.0 Å². The second-order valence-electron chi connectivity index (χ2n) is 6.34. The minimum absolute atomic E-state index is 0.122. The predicted molar refractivity (Wildman–Crippen MR) is 109 cm³/mol. The van der Waals surface area contributed by atoms with Crippen molar-refractivity contribution < 1.29 is 13.2 Å². The van der Waals surface area contributed by atoms with E-state index in [0.717, 1.165) is 28.0 Å². The number of sulfonamides is 1. The van der Waals surface area contributed by atoms with Gasteiger partial charge in [0, 0.05) is 11.6 Å². The van der Waals surface area contributed by atoms with Crippen LogP contribution in [-0.4, -0.2) is 24.5 Å². The maximum atomic E-state index is 12.6. The molecule has 1 heterocycles. The molecule has 9 heteroatoms. The maximum absolute atomic E-state index is 12.6. The monoisotopic (exact) mass is 416 g/mol. The van der Waals surface area contributed by atoms with Crippen molar-refractivity contribution in [3.05, 3.63) is 70.8 Å². The lowest BCUT2D eigenvalue weighted by atomic mass is 10.0. The summed E-state index contributed by atoms with van der Waals surface area (Å²) in [7, 11) is -3.87. The molecule has 1 atom stereocenters. The van der Waals surface area contributed by atoms with E-state index < -0.39 is 16.1 Å². The molecule has 0 aliphatic rings. The van der Waals surface area contributed by atoms with Crippen molar-refractivity contribution in [1.82, 2.24) is 14.9 Å². The van der Waals surface area contributed by atoms with Crippen molar-refractivity contribution in [2.45, 2.75) is 31.2 Å². The number of nitrogens with one attached hydrogen (secondary N) is 2. The second-order valence-corrected chi connectivity index (χ2v) is 9.21. The molecule has 0 spiro atoms. The summed E-state index contributed by atoms with van der Waals surface area (Å²) in [6.07, 6.45) is 0. The first kappa shape index (κ1) is 20.1. The minimum atomic E-state index is -3.87. The lowest BCUT2D eigenvalue weighted by molar-refractivity contribution is 0.102. The van der Waals surface area contributed by atoms with E-state index in [-0.39, 0.29) is 15.4 Å². The Hall–Kier alpha value is -2.62. The van der Waals surface area contributed by atoms with Gasteiger partial charge in [-0.2, -0.15) is 0 Å². The van der Waals surface area contributed by atoms with Gasteiger partial charge in [-0.15, -0.1) is 10.2 Å². The summed E-state index contributed by atoms with van der Waals surface area (Å²) >= 11 is 0.805. The molecule has 146 valence electrons. The molecule has 7 nitrogen and oxygen atoms in total. The highest BCUT2D eigenvalue weighted by Crippen LogP contribution is 2.24. The van der Waals surface area contributed by atoms with E-state index in [0.29, 0.717) is 5.56 Å².